The van der Waals surface area contributed by atoms with Gasteiger partial charge in [-0.3, -0.25) is 0 Å². The Hall–Kier alpha value is -2.64. The van der Waals surface area contributed by atoms with Crippen molar-refractivity contribution in [3.05, 3.63) is 42.0 Å². The van der Waals surface area contributed by atoms with Crippen LogP contribution in [0.1, 0.15) is 18.6 Å². The molecule has 0 amide bonds. The number of benzene rings is 2. The average Bonchev–Trinajstić information content (AvgIpc) is 2.71. The number of aliphatic hydroxyl groups excluding tert-OH is 2. The maximum absolute atomic E-state index is 10.7. The molecule has 0 aliphatic heterocycles. The summed E-state index contributed by atoms with van der Waals surface area (Å²) < 4.78 is 27.2. The minimum atomic E-state index is -1.12. The molecule has 27 heavy (non-hydrogen) atoms. The molecule has 0 heterocycles. The molecule has 2 N–H and O–H groups in total. The molecule has 2 aromatic rings. The molecule has 2 atom stereocenters. The Morgan fingerprint density at radius 1 is 0.889 bits per heavy atom. The van der Waals surface area contributed by atoms with E-state index >= 15 is 0 Å². The minimum absolute atomic E-state index is 0.304. The minimum Gasteiger partial charge on any atom is -0.493 e. The van der Waals surface area contributed by atoms with Crippen LogP contribution in [0, 0.1) is 0 Å². The zero-order chi connectivity index (χ0) is 19.8. The van der Waals surface area contributed by atoms with Gasteiger partial charge in [-0.1, -0.05) is 12.1 Å². The highest BCUT2D eigenvalue weighted by Gasteiger charge is 2.26. The van der Waals surface area contributed by atoms with Crippen LogP contribution in [0.3, 0.4) is 0 Å². The van der Waals surface area contributed by atoms with Gasteiger partial charge in [-0.15, -0.1) is 0 Å². The van der Waals surface area contributed by atoms with Crippen LogP contribution in [0.5, 0.6) is 28.7 Å². The Balaban J connectivity index is 2.30. The van der Waals surface area contributed by atoms with Crippen LogP contribution in [0.15, 0.2) is 36.4 Å². The number of hydrogen-bond donors (Lipinski definition) is 2. The molecule has 0 aliphatic rings. The normalized spacial score (nSPS) is 12.8. The second-order valence-electron chi connectivity index (χ2n) is 5.62. The fourth-order valence-electron chi connectivity index (χ4n) is 2.64. The van der Waals surface area contributed by atoms with Crippen molar-refractivity contribution in [3.8, 4) is 28.7 Å². The fraction of sp³-hybridized carbons (Fsp3) is 0.400. The second kappa shape index (κ2) is 9.89. The van der Waals surface area contributed by atoms with E-state index in [1.165, 1.54) is 21.3 Å². The average molecular weight is 378 g/mol. The van der Waals surface area contributed by atoms with Gasteiger partial charge in [-0.25, -0.2) is 0 Å². The largest absolute Gasteiger partial charge is 0.493 e. The van der Waals surface area contributed by atoms with Gasteiger partial charge in [0, 0.05) is 0 Å². The molecule has 7 heteroatoms. The molecule has 148 valence electrons. The van der Waals surface area contributed by atoms with E-state index in [4.69, 9.17) is 23.7 Å². The van der Waals surface area contributed by atoms with E-state index in [9.17, 15) is 10.2 Å². The van der Waals surface area contributed by atoms with Crippen molar-refractivity contribution >= 4 is 0 Å². The van der Waals surface area contributed by atoms with Crippen molar-refractivity contribution in [3.63, 3.8) is 0 Å². The van der Waals surface area contributed by atoms with Gasteiger partial charge in [-0.2, -0.15) is 0 Å². The van der Waals surface area contributed by atoms with E-state index in [-0.39, 0.29) is 0 Å². The third-order valence-electron chi connectivity index (χ3n) is 4.01. The molecule has 2 unspecified atom stereocenters. The van der Waals surface area contributed by atoms with E-state index in [1.807, 2.05) is 6.92 Å². The van der Waals surface area contributed by atoms with Crippen LogP contribution in [-0.2, 0) is 0 Å². The van der Waals surface area contributed by atoms with Crippen molar-refractivity contribution in [2.75, 3.05) is 34.5 Å². The second-order valence-corrected chi connectivity index (χ2v) is 5.62. The number of para-hydroxylation sites is 1. The van der Waals surface area contributed by atoms with Crippen LogP contribution in [-0.4, -0.2) is 50.9 Å². The SMILES string of the molecule is CCOc1ccc(C(O)C(CO)Oc2c(OC)cccc2OC)cc1OC. The van der Waals surface area contributed by atoms with E-state index in [0.29, 0.717) is 40.9 Å². The summed E-state index contributed by atoms with van der Waals surface area (Å²) in [5.74, 6) is 2.23. The third kappa shape index (κ3) is 4.75. The molecule has 0 bridgehead atoms. The molecule has 0 saturated heterocycles. The van der Waals surface area contributed by atoms with Gasteiger partial charge < -0.3 is 33.9 Å². The van der Waals surface area contributed by atoms with Crippen LogP contribution in [0.2, 0.25) is 0 Å². The van der Waals surface area contributed by atoms with Gasteiger partial charge in [0.2, 0.25) is 5.75 Å². The predicted octanol–water partition coefficient (Wildman–Crippen LogP) is 2.58. The van der Waals surface area contributed by atoms with Gasteiger partial charge in [0.1, 0.15) is 6.10 Å². The van der Waals surface area contributed by atoms with Gasteiger partial charge in [-0.05, 0) is 36.8 Å². The zero-order valence-corrected chi connectivity index (χ0v) is 16.0. The highest BCUT2D eigenvalue weighted by Crippen LogP contribution is 2.39. The van der Waals surface area contributed by atoms with Gasteiger partial charge in [0.05, 0.1) is 34.5 Å². The summed E-state index contributed by atoms with van der Waals surface area (Å²) in [6.07, 6.45) is -2.06. The summed E-state index contributed by atoms with van der Waals surface area (Å²) in [5, 5.41) is 20.5. The highest BCUT2D eigenvalue weighted by atomic mass is 16.6. The molecule has 0 aromatic heterocycles. The number of methoxy groups -OCH3 is 3. The summed E-state index contributed by atoms with van der Waals surface area (Å²) in [5.41, 5.74) is 0.517. The molecule has 2 rings (SSSR count). The standard InChI is InChI=1S/C20H26O7/c1-5-26-14-10-9-13(11-17(14)25-4)19(22)18(12-21)27-20-15(23-2)7-6-8-16(20)24-3/h6-11,18-19,21-22H,5,12H2,1-4H3. The Kier molecular flexibility index (Phi) is 7.57. The quantitative estimate of drug-likeness (QED) is 0.657. The Morgan fingerprint density at radius 3 is 2.04 bits per heavy atom. The first-order valence-electron chi connectivity index (χ1n) is 8.56. The highest BCUT2D eigenvalue weighted by molar-refractivity contribution is 5.51. The lowest BCUT2D eigenvalue weighted by Crippen LogP contribution is -2.29. The first kappa shape index (κ1) is 20.7. The maximum atomic E-state index is 10.7. The van der Waals surface area contributed by atoms with Crippen molar-refractivity contribution in [2.45, 2.75) is 19.1 Å². The van der Waals surface area contributed by atoms with Crippen LogP contribution in [0.4, 0.5) is 0 Å². The Labute approximate surface area is 159 Å². The third-order valence-corrected chi connectivity index (χ3v) is 4.01. The van der Waals surface area contributed by atoms with Crippen LogP contribution in [0.25, 0.3) is 0 Å². The Morgan fingerprint density at radius 2 is 1.52 bits per heavy atom. The molecular formula is C20H26O7. The molecule has 0 fully saturated rings. The van der Waals surface area contributed by atoms with E-state index in [1.54, 1.807) is 36.4 Å². The lowest BCUT2D eigenvalue weighted by Gasteiger charge is -2.25. The van der Waals surface area contributed by atoms with Crippen molar-refractivity contribution in [1.82, 2.24) is 0 Å². The summed E-state index contributed by atoms with van der Waals surface area (Å²) in [6.45, 7) is 1.95. The van der Waals surface area contributed by atoms with Gasteiger partial charge in [0.25, 0.3) is 0 Å². The van der Waals surface area contributed by atoms with E-state index in [0.717, 1.165) is 0 Å². The first-order chi connectivity index (χ1) is 13.1. The topological polar surface area (TPSA) is 86.6 Å². The summed E-state index contributed by atoms with van der Waals surface area (Å²) in [4.78, 5) is 0. The monoisotopic (exact) mass is 378 g/mol. The number of rotatable bonds is 10. The van der Waals surface area contributed by atoms with Crippen LogP contribution >= 0.6 is 0 Å². The summed E-state index contributed by atoms with van der Waals surface area (Å²) in [7, 11) is 4.53. The molecule has 0 radical (unpaired) electrons. The van der Waals surface area contributed by atoms with Crippen molar-refractivity contribution in [2.24, 2.45) is 0 Å². The molecule has 7 nitrogen and oxygen atoms in total. The lowest BCUT2D eigenvalue weighted by atomic mass is 10.0. The zero-order valence-electron chi connectivity index (χ0n) is 16.0. The first-order valence-corrected chi connectivity index (χ1v) is 8.56. The van der Waals surface area contributed by atoms with Gasteiger partial charge in [0.15, 0.2) is 29.1 Å². The Bertz CT molecular complexity index is 710. The predicted molar refractivity (Wildman–Crippen MR) is 100 cm³/mol. The van der Waals surface area contributed by atoms with Crippen molar-refractivity contribution in [1.29, 1.82) is 0 Å². The van der Waals surface area contributed by atoms with Crippen molar-refractivity contribution < 1.29 is 33.9 Å². The molecule has 0 spiro atoms. The molecule has 0 aliphatic carbocycles. The molecule has 0 saturated carbocycles. The smallest absolute Gasteiger partial charge is 0.203 e. The number of aliphatic hydroxyl groups is 2. The summed E-state index contributed by atoms with van der Waals surface area (Å²) in [6, 6.07) is 10.2. The number of ether oxygens (including phenoxy) is 5. The lowest BCUT2D eigenvalue weighted by molar-refractivity contribution is -0.00175. The van der Waals surface area contributed by atoms with Gasteiger partial charge >= 0.3 is 0 Å². The number of hydrogen-bond acceptors (Lipinski definition) is 7. The maximum Gasteiger partial charge on any atom is 0.203 e. The fourth-order valence-corrected chi connectivity index (χ4v) is 2.64. The summed E-state index contributed by atoms with van der Waals surface area (Å²) >= 11 is 0. The van der Waals surface area contributed by atoms with E-state index in [2.05, 4.69) is 0 Å². The van der Waals surface area contributed by atoms with Crippen LogP contribution < -0.4 is 23.7 Å². The molecule has 2 aromatic carbocycles. The van der Waals surface area contributed by atoms with E-state index < -0.39 is 18.8 Å². The molecular weight excluding hydrogens is 352 g/mol.